The first kappa shape index (κ1) is 18.8. The monoisotopic (exact) mass is 360 g/mol. The van der Waals surface area contributed by atoms with Crippen LogP contribution in [0.1, 0.15) is 12.8 Å². The third-order valence-electron chi connectivity index (χ3n) is 5.12. The molecule has 1 atom stereocenters. The Morgan fingerprint density at radius 2 is 1.81 bits per heavy atom. The lowest BCUT2D eigenvalue weighted by Gasteiger charge is -2.32. The molecule has 3 rings (SSSR count). The normalized spacial score (nSPS) is 22.2. The summed E-state index contributed by atoms with van der Waals surface area (Å²) in [6.45, 7) is 6.19. The first-order valence-electron chi connectivity index (χ1n) is 9.23. The summed E-state index contributed by atoms with van der Waals surface area (Å²) in [5.74, 6) is 0.378. The molecule has 7 nitrogen and oxygen atoms in total. The van der Waals surface area contributed by atoms with Gasteiger partial charge in [0.05, 0.1) is 25.3 Å². The second kappa shape index (κ2) is 8.62. The predicted molar refractivity (Wildman–Crippen MR) is 100 cm³/mol. The molecule has 1 aromatic carbocycles. The van der Waals surface area contributed by atoms with Gasteiger partial charge in [-0.05, 0) is 50.8 Å². The van der Waals surface area contributed by atoms with Gasteiger partial charge in [0, 0.05) is 26.2 Å². The van der Waals surface area contributed by atoms with Gasteiger partial charge < -0.3 is 19.9 Å². The number of anilines is 1. The highest BCUT2D eigenvalue weighted by molar-refractivity contribution is 6.22. The summed E-state index contributed by atoms with van der Waals surface area (Å²) in [5.41, 5.74) is 0.600. The molecule has 1 aromatic rings. The van der Waals surface area contributed by atoms with Gasteiger partial charge in [-0.3, -0.25) is 9.59 Å². The zero-order valence-corrected chi connectivity index (χ0v) is 15.6. The molecule has 0 bridgehead atoms. The topological polar surface area (TPSA) is 65.1 Å². The number of carbonyl (C=O) groups is 2. The van der Waals surface area contributed by atoms with Gasteiger partial charge >= 0.3 is 0 Å². The highest BCUT2D eigenvalue weighted by Crippen LogP contribution is 2.25. The van der Waals surface area contributed by atoms with Crippen LogP contribution in [0, 0.1) is 0 Å². The molecule has 2 aliphatic rings. The number of piperazine rings is 1. The number of nitrogens with one attached hydrogen (secondary N) is 1. The molecule has 142 valence electrons. The van der Waals surface area contributed by atoms with Crippen LogP contribution in [-0.2, 0) is 9.59 Å². The van der Waals surface area contributed by atoms with E-state index in [2.05, 4.69) is 22.2 Å². The average molecular weight is 360 g/mol. The Hall–Kier alpha value is -1.96. The van der Waals surface area contributed by atoms with Gasteiger partial charge in [-0.15, -0.1) is 0 Å². The van der Waals surface area contributed by atoms with Gasteiger partial charge in [0.25, 0.3) is 5.91 Å². The molecule has 0 saturated carbocycles. The molecule has 2 saturated heterocycles. The van der Waals surface area contributed by atoms with E-state index in [9.17, 15) is 9.59 Å². The van der Waals surface area contributed by atoms with E-state index >= 15 is 0 Å². The predicted octanol–water partition coefficient (Wildman–Crippen LogP) is 0.554. The molecule has 2 heterocycles. The maximum Gasteiger partial charge on any atom is 0.251 e. The van der Waals surface area contributed by atoms with Crippen LogP contribution in [0.5, 0.6) is 5.75 Å². The molecular formula is C19H28N4O3. The van der Waals surface area contributed by atoms with Gasteiger partial charge in [-0.2, -0.15) is 0 Å². The van der Waals surface area contributed by atoms with E-state index in [-0.39, 0.29) is 18.2 Å². The molecule has 0 unspecified atom stereocenters. The quantitative estimate of drug-likeness (QED) is 0.566. The number of hydrogen-bond donors (Lipinski definition) is 1. The maximum absolute atomic E-state index is 12.6. The highest BCUT2D eigenvalue weighted by Gasteiger charge is 2.39. The van der Waals surface area contributed by atoms with Crippen LogP contribution in [0.15, 0.2) is 24.3 Å². The molecule has 2 fully saturated rings. The second-order valence-corrected chi connectivity index (χ2v) is 6.97. The Morgan fingerprint density at radius 3 is 2.46 bits per heavy atom. The summed E-state index contributed by atoms with van der Waals surface area (Å²) in [6.07, 6.45) is 1.20. The Morgan fingerprint density at radius 1 is 1.12 bits per heavy atom. The van der Waals surface area contributed by atoms with Crippen molar-refractivity contribution in [3.63, 3.8) is 0 Å². The Kier molecular flexibility index (Phi) is 6.24. The minimum atomic E-state index is -0.419. The molecule has 7 heteroatoms. The van der Waals surface area contributed by atoms with Crippen molar-refractivity contribution in [1.82, 2.24) is 15.1 Å². The van der Waals surface area contributed by atoms with Crippen molar-refractivity contribution < 1.29 is 14.3 Å². The minimum absolute atomic E-state index is 0.156. The molecule has 0 spiro atoms. The fourth-order valence-electron chi connectivity index (χ4n) is 3.44. The van der Waals surface area contributed by atoms with Crippen LogP contribution < -0.4 is 15.0 Å². The third-order valence-corrected chi connectivity index (χ3v) is 5.12. The van der Waals surface area contributed by atoms with Crippen LogP contribution in [0.3, 0.4) is 0 Å². The SMILES string of the molecule is COc1ccc(N2C(=O)C[C@H](NCCCN3CCN(C)CC3)C2=O)cc1. The number of ether oxygens (including phenoxy) is 1. The summed E-state index contributed by atoms with van der Waals surface area (Å²) < 4.78 is 5.12. The van der Waals surface area contributed by atoms with Crippen LogP contribution in [0.25, 0.3) is 0 Å². The van der Waals surface area contributed by atoms with E-state index in [1.54, 1.807) is 31.4 Å². The molecule has 26 heavy (non-hydrogen) atoms. The van der Waals surface area contributed by atoms with Crippen molar-refractivity contribution in [2.45, 2.75) is 18.9 Å². The summed E-state index contributed by atoms with van der Waals surface area (Å²) in [4.78, 5) is 30.9. The van der Waals surface area contributed by atoms with Crippen LogP contribution >= 0.6 is 0 Å². The Balaban J connectivity index is 1.46. The zero-order valence-electron chi connectivity index (χ0n) is 15.6. The van der Waals surface area contributed by atoms with Crippen LogP contribution in [0.4, 0.5) is 5.69 Å². The number of carbonyl (C=O) groups excluding carboxylic acids is 2. The van der Waals surface area contributed by atoms with Crippen LogP contribution in [-0.4, -0.2) is 81.1 Å². The van der Waals surface area contributed by atoms with E-state index in [1.165, 1.54) is 4.90 Å². The lowest BCUT2D eigenvalue weighted by molar-refractivity contribution is -0.121. The molecule has 0 radical (unpaired) electrons. The number of hydrogen-bond acceptors (Lipinski definition) is 6. The number of benzene rings is 1. The molecule has 1 N–H and O–H groups in total. The van der Waals surface area contributed by atoms with E-state index in [1.807, 2.05) is 0 Å². The van der Waals surface area contributed by atoms with Gasteiger partial charge in [0.1, 0.15) is 5.75 Å². The van der Waals surface area contributed by atoms with Crippen molar-refractivity contribution in [3.8, 4) is 5.75 Å². The number of likely N-dealkylation sites (N-methyl/N-ethyl adjacent to an activating group) is 1. The molecule has 2 amide bonds. The summed E-state index contributed by atoms with van der Waals surface area (Å²) in [5, 5.41) is 3.26. The van der Waals surface area contributed by atoms with E-state index in [0.717, 1.165) is 45.7 Å². The first-order chi connectivity index (χ1) is 12.6. The maximum atomic E-state index is 12.6. The Bertz CT molecular complexity index is 626. The fraction of sp³-hybridized carbons (Fsp3) is 0.579. The van der Waals surface area contributed by atoms with E-state index < -0.39 is 6.04 Å². The molecule has 2 aliphatic heterocycles. The van der Waals surface area contributed by atoms with Crippen molar-refractivity contribution in [1.29, 1.82) is 0 Å². The van der Waals surface area contributed by atoms with Crippen LogP contribution in [0.2, 0.25) is 0 Å². The summed E-state index contributed by atoms with van der Waals surface area (Å²) in [6, 6.07) is 6.57. The fourth-order valence-corrected chi connectivity index (χ4v) is 3.44. The number of imide groups is 1. The zero-order chi connectivity index (χ0) is 18.5. The second-order valence-electron chi connectivity index (χ2n) is 6.97. The summed E-state index contributed by atoms with van der Waals surface area (Å²) in [7, 11) is 3.74. The lowest BCUT2D eigenvalue weighted by atomic mass is 10.2. The smallest absolute Gasteiger partial charge is 0.251 e. The molecule has 0 aliphatic carbocycles. The molecular weight excluding hydrogens is 332 g/mol. The van der Waals surface area contributed by atoms with E-state index in [0.29, 0.717) is 11.4 Å². The average Bonchev–Trinajstić information content (AvgIpc) is 2.94. The largest absolute Gasteiger partial charge is 0.497 e. The van der Waals surface area contributed by atoms with Crippen molar-refractivity contribution in [2.75, 3.05) is 58.3 Å². The van der Waals surface area contributed by atoms with Gasteiger partial charge in [0.15, 0.2) is 0 Å². The van der Waals surface area contributed by atoms with Gasteiger partial charge in [-0.1, -0.05) is 0 Å². The molecule has 0 aromatic heterocycles. The number of amides is 2. The number of nitrogens with zero attached hydrogens (tertiary/aromatic N) is 3. The van der Waals surface area contributed by atoms with Crippen molar-refractivity contribution in [3.05, 3.63) is 24.3 Å². The highest BCUT2D eigenvalue weighted by atomic mass is 16.5. The van der Waals surface area contributed by atoms with E-state index in [4.69, 9.17) is 4.74 Å². The van der Waals surface area contributed by atoms with Crippen molar-refractivity contribution in [2.24, 2.45) is 0 Å². The number of rotatable bonds is 7. The van der Waals surface area contributed by atoms with Gasteiger partial charge in [0.2, 0.25) is 5.91 Å². The lowest BCUT2D eigenvalue weighted by Crippen LogP contribution is -2.45. The summed E-state index contributed by atoms with van der Waals surface area (Å²) >= 11 is 0. The first-order valence-corrected chi connectivity index (χ1v) is 9.23. The number of methoxy groups -OCH3 is 1. The van der Waals surface area contributed by atoms with Gasteiger partial charge in [-0.25, -0.2) is 4.90 Å². The third kappa shape index (κ3) is 4.41. The standard InChI is InChI=1S/C19H28N4O3/c1-21-10-12-22(13-11-21)9-3-8-20-17-14-18(24)23(19(17)25)15-4-6-16(26-2)7-5-15/h4-7,17,20H,3,8-14H2,1-2H3/t17-/m0/s1. The Labute approximate surface area is 154 Å². The van der Waals surface area contributed by atoms with Crippen molar-refractivity contribution >= 4 is 17.5 Å². The minimum Gasteiger partial charge on any atom is -0.497 e.